The van der Waals surface area contributed by atoms with Gasteiger partial charge in [-0.05, 0) is 62.9 Å². The highest BCUT2D eigenvalue weighted by Gasteiger charge is 2.45. The van der Waals surface area contributed by atoms with Crippen molar-refractivity contribution >= 4 is 53.2 Å². The Balaban J connectivity index is 3.36. The number of primary amides is 1. The van der Waals surface area contributed by atoms with Crippen molar-refractivity contribution in [3.05, 3.63) is 0 Å². The first kappa shape index (κ1) is 66.9. The minimum Gasteiger partial charge on any atom is -0.481 e. The minimum absolute atomic E-state index is 0.0673. The summed E-state index contributed by atoms with van der Waals surface area (Å²) in [5, 5.41) is 59.8. The molecule has 0 bridgehead atoms. The number of hydrogen-bond acceptors (Lipinski definition) is 17. The van der Waals surface area contributed by atoms with Crippen LogP contribution in [0.5, 0.6) is 0 Å². The average Bonchev–Trinajstić information content (AvgIpc) is 3.29. The lowest BCUT2D eigenvalue weighted by molar-refractivity contribution is -0.271. The fourth-order valence-electron chi connectivity index (χ4n) is 8.02. The monoisotopic (exact) mass is 1060 g/mol. The van der Waals surface area contributed by atoms with Gasteiger partial charge in [-0.15, -0.1) is 0 Å². The smallest absolute Gasteiger partial charge is 0.303 e. The largest absolute Gasteiger partial charge is 0.481 e. The second-order valence-electron chi connectivity index (χ2n) is 20.3. The molecule has 1 heterocycles. The van der Waals surface area contributed by atoms with Crippen LogP contribution in [0.15, 0.2) is 0 Å². The van der Waals surface area contributed by atoms with Crippen LogP contribution in [0, 0.1) is 17.8 Å². The first-order valence-electron chi connectivity index (χ1n) is 25.6. The fourth-order valence-corrected chi connectivity index (χ4v) is 8.02. The number of carboxylic acid groups (broad SMARTS) is 1. The van der Waals surface area contributed by atoms with E-state index in [0.29, 0.717) is 32.2 Å². The summed E-state index contributed by atoms with van der Waals surface area (Å²) >= 11 is 0. The Bertz CT molecular complexity index is 1790. The number of aliphatic carboxylic acids is 1. The number of nitrogens with one attached hydrogen (secondary N) is 7. The highest BCUT2D eigenvalue weighted by atomic mass is 16.7. The fraction of sp³-hybridized carbons (Fsp3) is 0.812. The number of carbonyl (C=O) groups is 9. The van der Waals surface area contributed by atoms with E-state index in [9.17, 15) is 63.6 Å². The van der Waals surface area contributed by atoms with Gasteiger partial charge in [0.25, 0.3) is 0 Å². The summed E-state index contributed by atoms with van der Waals surface area (Å²) in [6.07, 6.45) is -6.68. The molecule has 0 aliphatic carbocycles. The second kappa shape index (κ2) is 35.2. The molecule has 0 aromatic carbocycles. The van der Waals surface area contributed by atoms with Crippen molar-refractivity contribution in [1.82, 2.24) is 37.2 Å². The zero-order chi connectivity index (χ0) is 56.2. The molecule has 26 heteroatoms. The van der Waals surface area contributed by atoms with Gasteiger partial charge in [-0.3, -0.25) is 43.2 Å². The Labute approximate surface area is 434 Å². The highest BCUT2D eigenvalue weighted by molar-refractivity contribution is 5.84. The third-order valence-corrected chi connectivity index (χ3v) is 12.5. The molecule has 74 heavy (non-hydrogen) atoms. The molecule has 1 saturated heterocycles. The topological polar surface area (TPSA) is 441 Å². The molecule has 0 unspecified atom stereocenters. The number of aliphatic hydroxyl groups excluding tert-OH is 3. The summed E-state index contributed by atoms with van der Waals surface area (Å²) in [5.74, 6) is -6.24. The maximum atomic E-state index is 13.9. The summed E-state index contributed by atoms with van der Waals surface area (Å²) in [4.78, 5) is 116. The first-order valence-corrected chi connectivity index (χ1v) is 25.6. The Morgan fingerprint density at radius 3 is 1.42 bits per heavy atom. The van der Waals surface area contributed by atoms with E-state index in [2.05, 4.69) is 37.2 Å². The molecule has 26 nitrogen and oxygen atoms in total. The molecule has 19 N–H and O–H groups in total. The summed E-state index contributed by atoms with van der Waals surface area (Å²) in [5.41, 5.74) is 23.0. The van der Waals surface area contributed by atoms with Gasteiger partial charge in [-0.2, -0.15) is 0 Å². The Hall–Kier alpha value is -5.09. The van der Waals surface area contributed by atoms with Crippen LogP contribution in [0.4, 0.5) is 0 Å². The molecule has 1 fully saturated rings. The molecule has 8 amide bonds. The number of amides is 8. The van der Waals surface area contributed by atoms with Gasteiger partial charge in [-0.25, -0.2) is 0 Å². The van der Waals surface area contributed by atoms with Gasteiger partial charge in [0.1, 0.15) is 24.4 Å². The van der Waals surface area contributed by atoms with Crippen LogP contribution in [-0.4, -0.2) is 173 Å². The van der Waals surface area contributed by atoms with Crippen LogP contribution in [0.1, 0.15) is 132 Å². The number of aliphatic hydroxyl groups is 3. The molecule has 1 rings (SSSR count). The van der Waals surface area contributed by atoms with Crippen LogP contribution in [0.2, 0.25) is 0 Å². The molecule has 0 radical (unpaired) electrons. The predicted octanol–water partition coefficient (Wildman–Crippen LogP) is -3.29. The van der Waals surface area contributed by atoms with Gasteiger partial charge in [0.2, 0.25) is 47.3 Å². The molecule has 0 aromatic heterocycles. The van der Waals surface area contributed by atoms with Crippen molar-refractivity contribution in [2.75, 3.05) is 26.3 Å². The van der Waals surface area contributed by atoms with Crippen LogP contribution < -0.4 is 60.2 Å². The molecule has 1 aliphatic rings. The van der Waals surface area contributed by atoms with Gasteiger partial charge in [-0.1, -0.05) is 41.5 Å². The van der Waals surface area contributed by atoms with E-state index in [1.807, 2.05) is 13.8 Å². The van der Waals surface area contributed by atoms with Gasteiger partial charge >= 0.3 is 5.97 Å². The number of nitrogens with two attached hydrogens (primary N) is 4. The lowest BCUT2D eigenvalue weighted by Gasteiger charge is -2.42. The van der Waals surface area contributed by atoms with Gasteiger partial charge in [0.05, 0.1) is 19.3 Å². The van der Waals surface area contributed by atoms with Crippen molar-refractivity contribution < 1.29 is 73.1 Å². The third-order valence-electron chi connectivity index (χ3n) is 12.5. The van der Waals surface area contributed by atoms with Crippen molar-refractivity contribution in [2.24, 2.45) is 40.7 Å². The number of hydrogen-bond donors (Lipinski definition) is 15. The zero-order valence-corrected chi connectivity index (χ0v) is 44.3. The number of carbonyl (C=O) groups excluding carboxylic acids is 8. The summed E-state index contributed by atoms with van der Waals surface area (Å²) in [6, 6.07) is -6.67. The predicted molar refractivity (Wildman–Crippen MR) is 270 cm³/mol. The molecule has 1 aliphatic heterocycles. The van der Waals surface area contributed by atoms with Crippen molar-refractivity contribution in [3.8, 4) is 0 Å². The average molecular weight is 1060 g/mol. The molecule has 0 aromatic rings. The summed E-state index contributed by atoms with van der Waals surface area (Å²) in [7, 11) is 0. The number of ether oxygens (including phenoxy) is 2. The van der Waals surface area contributed by atoms with E-state index >= 15 is 0 Å². The molecule has 426 valence electrons. The standard InChI is InChI=1S/C48H89N11O15/c1-25(2)33(51)20-42(67)55-29(10-8-14-49)16-38(63)54-30(11-9-15-50)17-40(65)59-35(27(5)6)22-43(68)57-32(24-73-48-45(53-28(7)61)47(72)46(71)36(23-60)74-48)19-39(64)56-31(12-13-44(69)70)18-41(66)58-34(26(3)4)21-37(52)62/h25-27,29-36,45-48,60,71-72H,8-24,49-51H2,1-7H3,(H2,52,62)(H,53,61)(H,54,63)(H,55,67)(H,56,64)(H,57,68)(H,58,66)(H,59,65)(H,69,70)/t29-,30-,31-,32+,33+,34+,35+,36+,45+,46-,47+,48-/m0/s1. The molecule has 0 spiro atoms. The molecular formula is C48H89N11O15. The maximum absolute atomic E-state index is 13.9. The number of rotatable bonds is 37. The molecule has 12 atom stereocenters. The summed E-state index contributed by atoms with van der Waals surface area (Å²) in [6.45, 7) is 11.3. The molecular weight excluding hydrogens is 971 g/mol. The normalized spacial score (nSPS) is 20.5. The summed E-state index contributed by atoms with van der Waals surface area (Å²) < 4.78 is 11.6. The lowest BCUT2D eigenvalue weighted by atomic mass is 9.97. The Morgan fingerprint density at radius 1 is 0.581 bits per heavy atom. The van der Waals surface area contributed by atoms with Crippen LogP contribution in [-0.2, 0) is 52.6 Å². The van der Waals surface area contributed by atoms with Gasteiger partial charge in [0, 0.05) is 94.5 Å². The first-order chi connectivity index (χ1) is 34.7. The van der Waals surface area contributed by atoms with E-state index in [1.165, 1.54) is 0 Å². The van der Waals surface area contributed by atoms with E-state index < -0.39 is 140 Å². The van der Waals surface area contributed by atoms with Crippen molar-refractivity contribution in [1.29, 1.82) is 0 Å². The van der Waals surface area contributed by atoms with Crippen molar-refractivity contribution in [2.45, 2.75) is 205 Å². The van der Waals surface area contributed by atoms with E-state index in [-0.39, 0.29) is 81.2 Å². The maximum Gasteiger partial charge on any atom is 0.303 e. The van der Waals surface area contributed by atoms with E-state index in [1.54, 1.807) is 27.7 Å². The van der Waals surface area contributed by atoms with Crippen molar-refractivity contribution in [3.63, 3.8) is 0 Å². The quantitative estimate of drug-likeness (QED) is 0.0290. The number of carboxylic acids is 1. The van der Waals surface area contributed by atoms with Gasteiger partial charge in [0.15, 0.2) is 6.29 Å². The van der Waals surface area contributed by atoms with Crippen LogP contribution >= 0.6 is 0 Å². The second-order valence-corrected chi connectivity index (χ2v) is 20.3. The minimum atomic E-state index is -1.69. The Kier molecular flexibility index (Phi) is 31.9. The zero-order valence-electron chi connectivity index (χ0n) is 44.3. The Morgan fingerprint density at radius 2 is 1.00 bits per heavy atom. The SMILES string of the molecule is CC(=O)N[C@H]1[C@@H](OC[C@@H](CC(=O)N[C@@H](CCC(=O)O)CC(=O)N[C@H](CC(N)=O)C(C)C)NC(=O)C[C@@H](NC(=O)C[C@H](CCCN)NC(=O)C[C@H](CCCN)NC(=O)C[C@@H](N)C(C)C)C(C)C)O[C@H](CO)[C@H](O)[C@@H]1O. The van der Waals surface area contributed by atoms with E-state index in [4.69, 9.17) is 32.4 Å². The molecule has 0 saturated carbocycles. The van der Waals surface area contributed by atoms with Gasteiger partial charge < -0.3 is 90.1 Å². The van der Waals surface area contributed by atoms with E-state index in [0.717, 1.165) is 6.92 Å². The highest BCUT2D eigenvalue weighted by Crippen LogP contribution is 2.23. The lowest BCUT2D eigenvalue weighted by Crippen LogP contribution is -2.65. The van der Waals surface area contributed by atoms with Crippen LogP contribution in [0.25, 0.3) is 0 Å². The third kappa shape index (κ3) is 27.4. The van der Waals surface area contributed by atoms with Crippen LogP contribution in [0.3, 0.4) is 0 Å².